The van der Waals surface area contributed by atoms with Crippen LogP contribution in [0.25, 0.3) is 11.1 Å². The van der Waals surface area contributed by atoms with Gasteiger partial charge in [-0.25, -0.2) is 9.59 Å². The van der Waals surface area contributed by atoms with Crippen molar-refractivity contribution in [1.82, 2.24) is 10.6 Å². The summed E-state index contributed by atoms with van der Waals surface area (Å²) in [5.74, 6) is -1.23. The Labute approximate surface area is 206 Å². The summed E-state index contributed by atoms with van der Waals surface area (Å²) >= 11 is 0. The van der Waals surface area contributed by atoms with Gasteiger partial charge < -0.3 is 20.5 Å². The van der Waals surface area contributed by atoms with Gasteiger partial charge in [-0.3, -0.25) is 4.79 Å². The number of aliphatic carboxylic acids is 1. The van der Waals surface area contributed by atoms with Gasteiger partial charge in [-0.05, 0) is 59.8 Å². The third-order valence-electron chi connectivity index (χ3n) is 7.33. The summed E-state index contributed by atoms with van der Waals surface area (Å²) in [5.41, 5.74) is 4.75. The normalized spacial score (nSPS) is 20.0. The van der Waals surface area contributed by atoms with E-state index in [9.17, 15) is 19.5 Å². The molecule has 0 heterocycles. The Morgan fingerprint density at radius 2 is 1.51 bits per heavy atom. The number of amides is 2. The molecule has 7 nitrogen and oxygen atoms in total. The average Bonchev–Trinajstić information content (AvgIpc) is 3.18. The van der Waals surface area contributed by atoms with Crippen LogP contribution in [0.15, 0.2) is 48.5 Å². The summed E-state index contributed by atoms with van der Waals surface area (Å²) in [4.78, 5) is 36.3. The predicted octanol–water partition coefficient (Wildman–Crippen LogP) is 4.56. The van der Waals surface area contributed by atoms with Gasteiger partial charge in [0.2, 0.25) is 5.91 Å². The number of alkyl carbamates (subject to hydrolysis) is 1. The number of carbonyl (C=O) groups is 3. The molecule has 2 aromatic rings. The van der Waals surface area contributed by atoms with Crippen LogP contribution in [0.4, 0.5) is 4.79 Å². The standard InChI is InChI=1S/C28H34N2O5/c1-17(2)25(27(32)33)30-26(31)19-13-11-18(12-14-19)15-29-28(34)35-16-24-22-9-5-3-7-20(22)21-8-4-6-10-23(21)24/h3-10,17-19,24-25H,11-16H2,1-2H3,(H,29,34)(H,30,31)(H,32,33)/t18?,19?,25-/m0/s1. The van der Waals surface area contributed by atoms with Crippen molar-refractivity contribution in [3.63, 3.8) is 0 Å². The average molecular weight is 479 g/mol. The topological polar surface area (TPSA) is 105 Å². The van der Waals surface area contributed by atoms with Gasteiger partial charge in [0.1, 0.15) is 12.6 Å². The van der Waals surface area contributed by atoms with Crippen LogP contribution in [-0.4, -0.2) is 42.3 Å². The van der Waals surface area contributed by atoms with Crippen LogP contribution >= 0.6 is 0 Å². The maximum Gasteiger partial charge on any atom is 0.407 e. The molecule has 1 saturated carbocycles. The van der Waals surface area contributed by atoms with Crippen molar-refractivity contribution in [2.24, 2.45) is 17.8 Å². The Morgan fingerprint density at radius 3 is 2.06 bits per heavy atom. The van der Waals surface area contributed by atoms with Gasteiger partial charge in [0.15, 0.2) is 0 Å². The van der Waals surface area contributed by atoms with Crippen LogP contribution in [0, 0.1) is 17.8 Å². The number of nitrogens with one attached hydrogen (secondary N) is 2. The zero-order valence-corrected chi connectivity index (χ0v) is 20.3. The van der Waals surface area contributed by atoms with Crippen molar-refractivity contribution in [1.29, 1.82) is 0 Å². The minimum absolute atomic E-state index is 0.0302. The predicted molar refractivity (Wildman–Crippen MR) is 133 cm³/mol. The molecule has 0 unspecified atom stereocenters. The van der Waals surface area contributed by atoms with Crippen molar-refractivity contribution in [3.8, 4) is 11.1 Å². The van der Waals surface area contributed by atoms with Crippen LogP contribution in [0.2, 0.25) is 0 Å². The molecule has 0 aromatic heterocycles. The van der Waals surface area contributed by atoms with E-state index in [2.05, 4.69) is 34.9 Å². The highest BCUT2D eigenvalue weighted by molar-refractivity contribution is 5.85. The van der Waals surface area contributed by atoms with E-state index in [0.717, 1.165) is 12.8 Å². The monoisotopic (exact) mass is 478 g/mol. The maximum atomic E-state index is 12.5. The number of hydrogen-bond donors (Lipinski definition) is 3. The highest BCUT2D eigenvalue weighted by Crippen LogP contribution is 2.44. The van der Waals surface area contributed by atoms with Gasteiger partial charge >= 0.3 is 12.1 Å². The minimum Gasteiger partial charge on any atom is -0.480 e. The molecule has 186 valence electrons. The zero-order valence-electron chi connectivity index (χ0n) is 20.3. The number of carbonyl (C=O) groups excluding carboxylic acids is 2. The van der Waals surface area contributed by atoms with Crippen molar-refractivity contribution < 1.29 is 24.2 Å². The number of benzene rings is 2. The van der Waals surface area contributed by atoms with E-state index in [-0.39, 0.29) is 36.2 Å². The van der Waals surface area contributed by atoms with Gasteiger partial charge in [0.25, 0.3) is 0 Å². The minimum atomic E-state index is -1.01. The van der Waals surface area contributed by atoms with Gasteiger partial charge in [-0.1, -0.05) is 62.4 Å². The molecule has 2 amide bonds. The van der Waals surface area contributed by atoms with E-state index in [0.29, 0.717) is 19.4 Å². The number of fused-ring (bicyclic) bond motifs is 3. The lowest BCUT2D eigenvalue weighted by molar-refractivity contribution is -0.144. The van der Waals surface area contributed by atoms with Crippen molar-refractivity contribution in [2.75, 3.05) is 13.2 Å². The number of carboxylic acid groups (broad SMARTS) is 1. The van der Waals surface area contributed by atoms with E-state index in [1.54, 1.807) is 13.8 Å². The number of rotatable bonds is 8. The Balaban J connectivity index is 1.22. The Morgan fingerprint density at radius 1 is 0.943 bits per heavy atom. The summed E-state index contributed by atoms with van der Waals surface area (Å²) in [7, 11) is 0. The maximum absolute atomic E-state index is 12.5. The largest absolute Gasteiger partial charge is 0.480 e. The van der Waals surface area contributed by atoms with Crippen LogP contribution in [-0.2, 0) is 14.3 Å². The third-order valence-corrected chi connectivity index (χ3v) is 7.33. The second-order valence-corrected chi connectivity index (χ2v) is 9.99. The molecule has 2 aliphatic rings. The first kappa shape index (κ1) is 24.8. The molecule has 0 bridgehead atoms. The number of hydrogen-bond acceptors (Lipinski definition) is 4. The molecule has 7 heteroatoms. The summed E-state index contributed by atoms with van der Waals surface area (Å²) in [6.07, 6.45) is 2.57. The van der Waals surface area contributed by atoms with Gasteiger partial charge in [-0.2, -0.15) is 0 Å². The molecule has 35 heavy (non-hydrogen) atoms. The lowest BCUT2D eigenvalue weighted by Gasteiger charge is -2.29. The Hall–Kier alpha value is -3.35. The highest BCUT2D eigenvalue weighted by atomic mass is 16.5. The van der Waals surface area contributed by atoms with E-state index >= 15 is 0 Å². The van der Waals surface area contributed by atoms with E-state index in [1.165, 1.54) is 22.3 Å². The molecule has 2 aromatic carbocycles. The molecule has 1 atom stereocenters. The first-order chi connectivity index (χ1) is 16.8. The van der Waals surface area contributed by atoms with Crippen LogP contribution in [0.3, 0.4) is 0 Å². The van der Waals surface area contributed by atoms with Crippen LogP contribution in [0.1, 0.15) is 56.6 Å². The third kappa shape index (κ3) is 5.66. The molecular formula is C28H34N2O5. The first-order valence-electron chi connectivity index (χ1n) is 12.5. The SMILES string of the molecule is CC(C)[C@H](NC(=O)C1CCC(CNC(=O)OCC2c3ccccc3-c3ccccc32)CC1)C(=O)O. The molecule has 0 aliphatic heterocycles. The summed E-state index contributed by atoms with van der Waals surface area (Å²) < 4.78 is 5.61. The Kier molecular flexibility index (Phi) is 7.73. The molecule has 0 spiro atoms. The second-order valence-electron chi connectivity index (χ2n) is 9.99. The molecule has 1 fully saturated rings. The fourth-order valence-electron chi connectivity index (χ4n) is 5.29. The quantitative estimate of drug-likeness (QED) is 0.516. The zero-order chi connectivity index (χ0) is 24.9. The molecule has 3 N–H and O–H groups in total. The van der Waals surface area contributed by atoms with Crippen molar-refractivity contribution >= 4 is 18.0 Å². The molecule has 0 saturated heterocycles. The summed E-state index contributed by atoms with van der Waals surface area (Å²) in [6, 6.07) is 15.6. The fraction of sp³-hybridized carbons (Fsp3) is 0.464. The van der Waals surface area contributed by atoms with Gasteiger partial charge in [0, 0.05) is 18.4 Å². The van der Waals surface area contributed by atoms with Crippen molar-refractivity contribution in [3.05, 3.63) is 59.7 Å². The smallest absolute Gasteiger partial charge is 0.407 e. The second kappa shape index (κ2) is 10.9. The lowest BCUT2D eigenvalue weighted by Crippen LogP contribution is -2.47. The van der Waals surface area contributed by atoms with Crippen molar-refractivity contribution in [2.45, 2.75) is 51.5 Å². The molecule has 2 aliphatic carbocycles. The first-order valence-corrected chi connectivity index (χ1v) is 12.5. The van der Waals surface area contributed by atoms with E-state index < -0.39 is 18.1 Å². The molecule has 0 radical (unpaired) electrons. The van der Waals surface area contributed by atoms with E-state index in [1.807, 2.05) is 24.3 Å². The number of ether oxygens (including phenoxy) is 1. The summed E-state index contributed by atoms with van der Waals surface area (Å²) in [5, 5.41) is 14.9. The summed E-state index contributed by atoms with van der Waals surface area (Å²) in [6.45, 7) is 4.36. The molecule has 4 rings (SSSR count). The Bertz CT molecular complexity index is 1030. The molecular weight excluding hydrogens is 444 g/mol. The van der Waals surface area contributed by atoms with E-state index in [4.69, 9.17) is 4.74 Å². The van der Waals surface area contributed by atoms with Gasteiger partial charge in [-0.15, -0.1) is 0 Å². The van der Waals surface area contributed by atoms with Crippen LogP contribution < -0.4 is 10.6 Å². The van der Waals surface area contributed by atoms with Gasteiger partial charge in [0.05, 0.1) is 0 Å². The van der Waals surface area contributed by atoms with Crippen LogP contribution in [0.5, 0.6) is 0 Å². The number of carboxylic acids is 1. The fourth-order valence-corrected chi connectivity index (χ4v) is 5.29. The lowest BCUT2D eigenvalue weighted by atomic mass is 9.81. The highest BCUT2D eigenvalue weighted by Gasteiger charge is 2.31.